The predicted octanol–water partition coefficient (Wildman–Crippen LogP) is 5.68. The first-order chi connectivity index (χ1) is 25.7. The summed E-state index contributed by atoms with van der Waals surface area (Å²) in [6, 6.07) is 7.27. The standard InChI is InChI=1S/C38H54F4N4O9/c1-10-27(54-28-14-13-22(36(4,5)11-2)19-23(28)37(6,7)12-3)31(48)45-25-20-26(47)24(46-35(51)38(41,42)34(39)40)21-29(25)55-30(32(49)43-15-17-52-8)33(50)44-16-18-53-9/h13-14,19-21,27,30,34,47H,10-12,15-18H2,1-9H3,(H,43,49)(H,44,50)(H,45,48)(H,46,51). The van der Waals surface area contributed by atoms with E-state index in [0.717, 1.165) is 30.0 Å². The van der Waals surface area contributed by atoms with Gasteiger partial charge in [0.05, 0.1) is 24.6 Å². The molecule has 0 heterocycles. The molecule has 1 unspecified atom stereocenters. The second-order valence-electron chi connectivity index (χ2n) is 14.0. The molecule has 2 aromatic carbocycles. The molecule has 13 nitrogen and oxygen atoms in total. The zero-order chi connectivity index (χ0) is 41.7. The number of anilines is 2. The van der Waals surface area contributed by atoms with Crippen LogP contribution < -0.4 is 30.7 Å². The Kier molecular flexibility index (Phi) is 17.2. The number of aromatic hydroxyl groups is 1. The fourth-order valence-corrected chi connectivity index (χ4v) is 4.93. The summed E-state index contributed by atoms with van der Waals surface area (Å²) < 4.78 is 75.6. The molecule has 0 bridgehead atoms. The number of nitrogens with one attached hydrogen (secondary N) is 4. The van der Waals surface area contributed by atoms with E-state index in [0.29, 0.717) is 11.8 Å². The lowest BCUT2D eigenvalue weighted by molar-refractivity contribution is -0.163. The molecule has 308 valence electrons. The van der Waals surface area contributed by atoms with E-state index >= 15 is 0 Å². The van der Waals surface area contributed by atoms with Crippen molar-refractivity contribution >= 4 is 35.0 Å². The number of benzene rings is 2. The van der Waals surface area contributed by atoms with Gasteiger partial charge >= 0.3 is 18.3 Å². The van der Waals surface area contributed by atoms with Crippen molar-refractivity contribution in [3.8, 4) is 17.2 Å². The highest BCUT2D eigenvalue weighted by atomic mass is 19.3. The number of phenols is 1. The number of phenolic OH excluding ortho intramolecular Hbond substituents is 1. The molecule has 1 atom stereocenters. The van der Waals surface area contributed by atoms with Crippen LogP contribution >= 0.6 is 0 Å². The SMILES string of the molecule is CCC(Oc1ccc(C(C)(C)CC)cc1C(C)(C)CC)C(=O)Nc1cc(O)c(NC(=O)C(F)(F)C(F)F)cc1OC(C(=O)NCCOC)C(=O)NCCOC. The highest BCUT2D eigenvalue weighted by molar-refractivity contribution is 6.04. The first-order valence-electron chi connectivity index (χ1n) is 17.9. The average molecular weight is 787 g/mol. The summed E-state index contributed by atoms with van der Waals surface area (Å²) in [4.78, 5) is 52.3. The van der Waals surface area contributed by atoms with Crippen LogP contribution in [-0.2, 0) is 39.5 Å². The predicted molar refractivity (Wildman–Crippen MR) is 198 cm³/mol. The van der Waals surface area contributed by atoms with Crippen molar-refractivity contribution in [3.05, 3.63) is 41.5 Å². The largest absolute Gasteiger partial charge is 0.506 e. The van der Waals surface area contributed by atoms with Crippen LogP contribution in [0.4, 0.5) is 28.9 Å². The molecule has 0 aliphatic heterocycles. The summed E-state index contributed by atoms with van der Waals surface area (Å²) in [5.41, 5.74) is 0.194. The van der Waals surface area contributed by atoms with Crippen molar-refractivity contribution in [3.63, 3.8) is 0 Å². The molecule has 0 spiro atoms. The maximum Gasteiger partial charge on any atom is 0.383 e. The van der Waals surface area contributed by atoms with Gasteiger partial charge in [-0.1, -0.05) is 60.6 Å². The first kappa shape index (κ1) is 46.5. The highest BCUT2D eigenvalue weighted by Gasteiger charge is 2.49. The molecular weight excluding hydrogens is 732 g/mol. The molecular formula is C38H54F4N4O9. The van der Waals surface area contributed by atoms with Gasteiger partial charge in [-0.15, -0.1) is 0 Å². The summed E-state index contributed by atoms with van der Waals surface area (Å²) in [6.45, 7) is 14.1. The van der Waals surface area contributed by atoms with E-state index in [1.54, 1.807) is 13.0 Å². The number of hydrogen-bond acceptors (Lipinski definition) is 9. The molecule has 0 aliphatic carbocycles. The number of hydrogen-bond donors (Lipinski definition) is 5. The smallest absolute Gasteiger partial charge is 0.383 e. The van der Waals surface area contributed by atoms with Crippen molar-refractivity contribution in [2.45, 2.75) is 103 Å². The summed E-state index contributed by atoms with van der Waals surface area (Å²) in [7, 11) is 2.74. The Morgan fingerprint density at radius 1 is 0.745 bits per heavy atom. The van der Waals surface area contributed by atoms with E-state index < -0.39 is 71.1 Å². The fraction of sp³-hybridized carbons (Fsp3) is 0.579. The van der Waals surface area contributed by atoms with Crippen molar-refractivity contribution in [2.75, 3.05) is 51.2 Å². The minimum atomic E-state index is -5.16. The first-order valence-corrected chi connectivity index (χ1v) is 17.9. The maximum absolute atomic E-state index is 13.9. The number of rotatable bonds is 22. The van der Waals surface area contributed by atoms with Crippen LogP contribution in [-0.4, -0.2) is 93.8 Å². The van der Waals surface area contributed by atoms with Gasteiger partial charge in [-0.3, -0.25) is 19.2 Å². The second kappa shape index (κ2) is 20.3. The Morgan fingerprint density at radius 3 is 1.80 bits per heavy atom. The van der Waals surface area contributed by atoms with Gasteiger partial charge in [-0.25, -0.2) is 8.78 Å². The third-order valence-corrected chi connectivity index (χ3v) is 9.30. The van der Waals surface area contributed by atoms with E-state index in [1.807, 2.05) is 13.0 Å². The van der Waals surface area contributed by atoms with Crippen LogP contribution in [0.1, 0.15) is 78.9 Å². The lowest BCUT2D eigenvalue weighted by atomic mass is 9.76. The van der Waals surface area contributed by atoms with Gasteiger partial charge in [0, 0.05) is 45.0 Å². The van der Waals surface area contributed by atoms with E-state index in [4.69, 9.17) is 18.9 Å². The minimum absolute atomic E-state index is 0.0491. The van der Waals surface area contributed by atoms with Crippen molar-refractivity contribution in [1.82, 2.24) is 10.6 Å². The van der Waals surface area contributed by atoms with Crippen molar-refractivity contribution < 1.29 is 60.8 Å². The molecule has 2 aromatic rings. The molecule has 0 radical (unpaired) electrons. The lowest BCUT2D eigenvalue weighted by Crippen LogP contribution is -2.50. The highest BCUT2D eigenvalue weighted by Crippen LogP contribution is 2.40. The lowest BCUT2D eigenvalue weighted by Gasteiger charge is -2.31. The topological polar surface area (TPSA) is 174 Å². The van der Waals surface area contributed by atoms with Crippen LogP contribution in [0.3, 0.4) is 0 Å². The number of alkyl halides is 4. The summed E-state index contributed by atoms with van der Waals surface area (Å²) in [5.74, 6) is -11.5. The number of halogens is 4. The maximum atomic E-state index is 13.9. The average Bonchev–Trinajstić information content (AvgIpc) is 3.13. The fourth-order valence-electron chi connectivity index (χ4n) is 4.93. The van der Waals surface area contributed by atoms with Gasteiger partial charge in [0.25, 0.3) is 23.8 Å². The monoisotopic (exact) mass is 786 g/mol. The molecule has 0 saturated heterocycles. The third-order valence-electron chi connectivity index (χ3n) is 9.30. The number of methoxy groups -OCH3 is 2. The molecule has 2 rings (SSSR count). The van der Waals surface area contributed by atoms with Crippen LogP contribution in [0.2, 0.25) is 0 Å². The molecule has 0 aromatic heterocycles. The Morgan fingerprint density at radius 2 is 1.31 bits per heavy atom. The van der Waals surface area contributed by atoms with Gasteiger partial charge < -0.3 is 45.3 Å². The van der Waals surface area contributed by atoms with E-state index in [2.05, 4.69) is 56.6 Å². The van der Waals surface area contributed by atoms with Crippen LogP contribution in [0, 0.1) is 0 Å². The Bertz CT molecular complexity index is 1620. The Balaban J connectivity index is 2.65. The van der Waals surface area contributed by atoms with E-state index in [9.17, 15) is 41.8 Å². The Labute approximate surface area is 319 Å². The quantitative estimate of drug-likeness (QED) is 0.0436. The van der Waals surface area contributed by atoms with Crippen molar-refractivity contribution in [2.24, 2.45) is 0 Å². The van der Waals surface area contributed by atoms with E-state index in [-0.39, 0.29) is 43.6 Å². The van der Waals surface area contributed by atoms with Crippen LogP contribution in [0.15, 0.2) is 30.3 Å². The van der Waals surface area contributed by atoms with Gasteiger partial charge in [0.15, 0.2) is 6.10 Å². The minimum Gasteiger partial charge on any atom is -0.506 e. The molecule has 5 N–H and O–H groups in total. The normalized spacial score (nSPS) is 12.6. The van der Waals surface area contributed by atoms with Gasteiger partial charge in [-0.05, 0) is 41.7 Å². The molecule has 0 fully saturated rings. The zero-order valence-corrected chi connectivity index (χ0v) is 32.8. The molecule has 55 heavy (non-hydrogen) atoms. The van der Waals surface area contributed by atoms with Gasteiger partial charge in [0.2, 0.25) is 0 Å². The van der Waals surface area contributed by atoms with Crippen molar-refractivity contribution in [1.29, 1.82) is 0 Å². The summed E-state index contributed by atoms with van der Waals surface area (Å²) >= 11 is 0. The van der Waals surface area contributed by atoms with E-state index in [1.165, 1.54) is 19.5 Å². The summed E-state index contributed by atoms with van der Waals surface area (Å²) in [6.07, 6.45) is -5.82. The van der Waals surface area contributed by atoms with Gasteiger partial charge in [0.1, 0.15) is 17.2 Å². The Hall–Kier alpha value is -4.64. The molecule has 0 saturated carbocycles. The van der Waals surface area contributed by atoms with Crippen LogP contribution in [0.25, 0.3) is 0 Å². The number of amides is 4. The summed E-state index contributed by atoms with van der Waals surface area (Å²) in [5, 5.41) is 19.6. The molecule has 17 heteroatoms. The zero-order valence-electron chi connectivity index (χ0n) is 32.8. The van der Waals surface area contributed by atoms with Gasteiger partial charge in [-0.2, -0.15) is 8.78 Å². The number of carbonyl (C=O) groups excluding carboxylic acids is 4. The molecule has 0 aliphatic rings. The third kappa shape index (κ3) is 12.4. The number of carbonyl (C=O) groups is 4. The molecule has 4 amide bonds. The van der Waals surface area contributed by atoms with Crippen LogP contribution in [0.5, 0.6) is 17.2 Å². The number of ether oxygens (including phenoxy) is 4. The second-order valence-corrected chi connectivity index (χ2v) is 14.0.